The first-order valence-electron chi connectivity index (χ1n) is 16.5. The minimum Gasteiger partial charge on any atom is -0.436 e. The van der Waals surface area contributed by atoms with Crippen molar-refractivity contribution in [2.45, 2.75) is 19.3 Å². The van der Waals surface area contributed by atoms with Crippen LogP contribution in [0.1, 0.15) is 25.0 Å². The smallest absolute Gasteiger partial charge is 0.227 e. The van der Waals surface area contributed by atoms with Gasteiger partial charge in [0.2, 0.25) is 11.8 Å². The van der Waals surface area contributed by atoms with E-state index in [9.17, 15) is 0 Å². The van der Waals surface area contributed by atoms with Crippen LogP contribution >= 0.6 is 0 Å². The normalized spacial score (nSPS) is 13.3. The molecule has 0 unspecified atom stereocenters. The van der Waals surface area contributed by atoms with Gasteiger partial charge in [-0.25, -0.2) is 9.97 Å². The van der Waals surface area contributed by atoms with Gasteiger partial charge in [0.15, 0.2) is 11.2 Å². The van der Waals surface area contributed by atoms with Crippen molar-refractivity contribution < 1.29 is 8.83 Å². The molecule has 6 aromatic carbocycles. The zero-order chi connectivity index (χ0) is 32.7. The Morgan fingerprint density at radius 3 is 1.73 bits per heavy atom. The number of rotatable bonds is 4. The molecule has 49 heavy (non-hydrogen) atoms. The maximum absolute atomic E-state index is 6.25. The molecule has 0 spiro atoms. The number of fused-ring (bicyclic) bond motifs is 6. The molecule has 0 saturated heterocycles. The first-order chi connectivity index (χ1) is 24.0. The van der Waals surface area contributed by atoms with Crippen LogP contribution in [-0.2, 0) is 5.41 Å². The molecule has 9 aromatic rings. The number of nitrogens with zero attached hydrogens (tertiary/aromatic N) is 3. The standard InChI is InChI=1S/C44H29N3O2/c1-44(2)35-14-6-5-12-31(35)32-20-19-26(24-36(32)44)34-25-45-41(33-13-4-3-11-30(33)34)27-21-28(42-46-37-15-7-9-17-39(37)48-42)23-29(22-27)43-47-38-16-8-10-18-40(38)49-43/h3-25H,1-2H3. The van der Waals surface area contributed by atoms with Crippen molar-refractivity contribution in [1.82, 2.24) is 15.0 Å². The Kier molecular flexibility index (Phi) is 5.85. The Balaban J connectivity index is 1.16. The maximum atomic E-state index is 6.25. The fraction of sp³-hybridized carbons (Fsp3) is 0.0682. The van der Waals surface area contributed by atoms with Crippen LogP contribution in [0.2, 0.25) is 0 Å². The zero-order valence-corrected chi connectivity index (χ0v) is 26.9. The average molecular weight is 632 g/mol. The van der Waals surface area contributed by atoms with Gasteiger partial charge in [-0.2, -0.15) is 0 Å². The van der Waals surface area contributed by atoms with Crippen LogP contribution in [0, 0.1) is 0 Å². The topological polar surface area (TPSA) is 65.0 Å². The minimum atomic E-state index is -0.0860. The molecule has 5 heteroatoms. The average Bonchev–Trinajstić information content (AvgIpc) is 3.84. The van der Waals surface area contributed by atoms with Crippen LogP contribution in [0.5, 0.6) is 0 Å². The first-order valence-corrected chi connectivity index (χ1v) is 16.5. The molecule has 10 rings (SSSR count). The van der Waals surface area contributed by atoms with Gasteiger partial charge in [0.05, 0.1) is 5.69 Å². The van der Waals surface area contributed by atoms with Gasteiger partial charge in [0.1, 0.15) is 11.0 Å². The van der Waals surface area contributed by atoms with Gasteiger partial charge in [-0.05, 0) is 81.7 Å². The van der Waals surface area contributed by atoms with E-state index in [2.05, 4.69) is 92.7 Å². The molecule has 0 N–H and O–H groups in total. The minimum absolute atomic E-state index is 0.0860. The number of pyridine rings is 1. The third kappa shape index (κ3) is 4.29. The third-order valence-electron chi connectivity index (χ3n) is 9.98. The van der Waals surface area contributed by atoms with Crippen molar-refractivity contribution in [3.05, 3.63) is 151 Å². The summed E-state index contributed by atoms with van der Waals surface area (Å²) in [7, 11) is 0. The van der Waals surface area contributed by atoms with E-state index in [1.807, 2.05) is 60.8 Å². The van der Waals surface area contributed by atoms with E-state index in [0.29, 0.717) is 11.8 Å². The van der Waals surface area contributed by atoms with Crippen molar-refractivity contribution in [1.29, 1.82) is 0 Å². The molecule has 232 valence electrons. The van der Waals surface area contributed by atoms with E-state index < -0.39 is 0 Å². The Labute approximate surface area is 282 Å². The molecule has 3 aromatic heterocycles. The van der Waals surface area contributed by atoms with E-state index >= 15 is 0 Å². The molecule has 3 heterocycles. The lowest BCUT2D eigenvalue weighted by molar-refractivity contribution is 0.617. The molecule has 1 aliphatic rings. The first kappa shape index (κ1) is 27.8. The fourth-order valence-electron chi connectivity index (χ4n) is 7.53. The van der Waals surface area contributed by atoms with Gasteiger partial charge in [-0.1, -0.05) is 98.8 Å². The lowest BCUT2D eigenvalue weighted by atomic mass is 9.81. The Bertz CT molecular complexity index is 2610. The van der Waals surface area contributed by atoms with E-state index in [-0.39, 0.29) is 5.41 Å². The summed E-state index contributed by atoms with van der Waals surface area (Å²) in [4.78, 5) is 14.8. The van der Waals surface area contributed by atoms with Gasteiger partial charge >= 0.3 is 0 Å². The van der Waals surface area contributed by atoms with E-state index in [0.717, 1.165) is 66.5 Å². The van der Waals surface area contributed by atoms with Gasteiger partial charge in [0, 0.05) is 39.3 Å². The van der Waals surface area contributed by atoms with Gasteiger partial charge < -0.3 is 8.83 Å². The summed E-state index contributed by atoms with van der Waals surface area (Å²) in [5, 5.41) is 2.19. The third-order valence-corrected chi connectivity index (χ3v) is 9.98. The summed E-state index contributed by atoms with van der Waals surface area (Å²) in [6, 6.07) is 46.0. The van der Waals surface area contributed by atoms with Crippen LogP contribution in [-0.4, -0.2) is 15.0 Å². The Morgan fingerprint density at radius 1 is 0.469 bits per heavy atom. The molecule has 0 atom stereocenters. The predicted octanol–water partition coefficient (Wildman–Crippen LogP) is 11.5. The molecule has 0 saturated carbocycles. The van der Waals surface area contributed by atoms with E-state index in [1.165, 1.54) is 22.3 Å². The lowest BCUT2D eigenvalue weighted by Crippen LogP contribution is -2.14. The summed E-state index contributed by atoms with van der Waals surface area (Å²) in [5.41, 5.74) is 14.0. The van der Waals surface area contributed by atoms with Crippen LogP contribution in [0.3, 0.4) is 0 Å². The van der Waals surface area contributed by atoms with Crippen molar-refractivity contribution >= 4 is 33.0 Å². The molecule has 0 fully saturated rings. The van der Waals surface area contributed by atoms with E-state index in [4.69, 9.17) is 23.8 Å². The quantitative estimate of drug-likeness (QED) is 0.193. The molecule has 0 bridgehead atoms. The molecular weight excluding hydrogens is 603 g/mol. The highest BCUT2D eigenvalue weighted by Crippen LogP contribution is 2.50. The second kappa shape index (κ2) is 10.3. The van der Waals surface area contributed by atoms with Gasteiger partial charge in [0.25, 0.3) is 0 Å². The van der Waals surface area contributed by atoms with Crippen molar-refractivity contribution in [3.63, 3.8) is 0 Å². The largest absolute Gasteiger partial charge is 0.436 e. The van der Waals surface area contributed by atoms with Gasteiger partial charge in [-0.15, -0.1) is 0 Å². The van der Waals surface area contributed by atoms with Crippen LogP contribution in [0.4, 0.5) is 0 Å². The summed E-state index contributed by atoms with van der Waals surface area (Å²) in [5.74, 6) is 1.06. The van der Waals surface area contributed by atoms with Crippen molar-refractivity contribution in [2.24, 2.45) is 0 Å². The van der Waals surface area contributed by atoms with E-state index in [1.54, 1.807) is 0 Å². The Morgan fingerprint density at radius 2 is 1.04 bits per heavy atom. The summed E-state index contributed by atoms with van der Waals surface area (Å²) in [6.07, 6.45) is 2.01. The summed E-state index contributed by atoms with van der Waals surface area (Å²) >= 11 is 0. The number of benzene rings is 6. The molecule has 0 aliphatic heterocycles. The number of hydrogen-bond donors (Lipinski definition) is 0. The number of para-hydroxylation sites is 4. The predicted molar refractivity (Wildman–Crippen MR) is 196 cm³/mol. The molecule has 0 radical (unpaired) electrons. The van der Waals surface area contributed by atoms with Crippen LogP contribution in [0.25, 0.3) is 89.4 Å². The zero-order valence-electron chi connectivity index (χ0n) is 26.9. The summed E-state index contributed by atoms with van der Waals surface area (Å²) < 4.78 is 12.5. The highest BCUT2D eigenvalue weighted by molar-refractivity contribution is 6.04. The second-order valence-corrected chi connectivity index (χ2v) is 13.3. The number of oxazole rings is 2. The molecule has 5 nitrogen and oxygen atoms in total. The van der Waals surface area contributed by atoms with Crippen molar-refractivity contribution in [2.75, 3.05) is 0 Å². The van der Waals surface area contributed by atoms with Crippen LogP contribution < -0.4 is 0 Å². The lowest BCUT2D eigenvalue weighted by Gasteiger charge is -2.22. The highest BCUT2D eigenvalue weighted by atomic mass is 16.4. The van der Waals surface area contributed by atoms with Gasteiger partial charge in [-0.3, -0.25) is 4.98 Å². The Hall–Kier alpha value is -6.33. The van der Waals surface area contributed by atoms with Crippen LogP contribution in [0.15, 0.2) is 148 Å². The molecule has 0 amide bonds. The fourth-order valence-corrected chi connectivity index (χ4v) is 7.53. The SMILES string of the molecule is CC1(C)c2ccccc2-c2ccc(-c3cnc(-c4cc(-c5nc6ccccc6o5)cc(-c5nc6ccccc6o5)c4)c4ccccc34)cc21. The highest BCUT2D eigenvalue weighted by Gasteiger charge is 2.35. The second-order valence-electron chi connectivity index (χ2n) is 13.3. The monoisotopic (exact) mass is 631 g/mol. The molecular formula is C44H29N3O2. The summed E-state index contributed by atoms with van der Waals surface area (Å²) in [6.45, 7) is 4.64. The molecule has 1 aliphatic carbocycles. The number of aromatic nitrogens is 3. The number of hydrogen-bond acceptors (Lipinski definition) is 5. The van der Waals surface area contributed by atoms with Crippen molar-refractivity contribution in [3.8, 4) is 56.4 Å². The maximum Gasteiger partial charge on any atom is 0.227 e.